The molecule has 0 aliphatic rings. The molecule has 0 aliphatic heterocycles. The Balaban J connectivity index is 2.94. The normalized spacial score (nSPS) is 11.7. The molecule has 0 fully saturated rings. The average Bonchev–Trinajstić information content (AvgIpc) is 2.48. The van der Waals surface area contributed by atoms with E-state index in [2.05, 4.69) is 35.7 Å². The van der Waals surface area contributed by atoms with E-state index in [4.69, 9.17) is 0 Å². The third kappa shape index (κ3) is 5.36. The summed E-state index contributed by atoms with van der Waals surface area (Å²) in [5.74, 6) is 0. The van der Waals surface area contributed by atoms with Crippen LogP contribution in [0, 0.1) is 0 Å². The molecule has 0 aliphatic carbocycles. The van der Waals surface area contributed by atoms with Crippen molar-refractivity contribution in [1.29, 1.82) is 0 Å². The van der Waals surface area contributed by atoms with E-state index in [1.165, 1.54) is 55.7 Å². The Morgan fingerprint density at radius 3 is 1.58 bits per heavy atom. The summed E-state index contributed by atoms with van der Waals surface area (Å²) < 4.78 is 5.51. The van der Waals surface area contributed by atoms with Gasteiger partial charge >= 0.3 is 122 Å². The summed E-state index contributed by atoms with van der Waals surface area (Å²) in [5, 5.41) is 0. The predicted octanol–water partition coefficient (Wildman–Crippen LogP) is 3.93. The number of hydrogen-bond donors (Lipinski definition) is 0. The van der Waals surface area contributed by atoms with Gasteiger partial charge in [0.05, 0.1) is 0 Å². The van der Waals surface area contributed by atoms with Crippen molar-refractivity contribution < 1.29 is 0 Å². The van der Waals surface area contributed by atoms with Gasteiger partial charge in [-0.3, -0.25) is 0 Å². The van der Waals surface area contributed by atoms with Gasteiger partial charge in [-0.15, -0.1) is 0 Å². The minimum absolute atomic E-state index is 1.24. The Bertz CT molecular complexity index is 308. The summed E-state index contributed by atoms with van der Waals surface area (Å²) in [7, 11) is 0. The van der Waals surface area contributed by atoms with Crippen LogP contribution in [0.2, 0.25) is 13.3 Å². The molecule has 0 bridgehead atoms. The van der Waals surface area contributed by atoms with Gasteiger partial charge in [0.2, 0.25) is 0 Å². The van der Waals surface area contributed by atoms with Gasteiger partial charge in [-0.1, -0.05) is 0 Å². The SMILES string of the molecule is CCC[CH2][Sn]([CH2]CCC)([CH2]CCC)[c]1ncncn1. The van der Waals surface area contributed by atoms with Crippen LogP contribution in [0.25, 0.3) is 0 Å². The molecule has 0 aromatic carbocycles. The van der Waals surface area contributed by atoms with E-state index >= 15 is 0 Å². The predicted molar refractivity (Wildman–Crippen MR) is 84.4 cm³/mol. The Morgan fingerprint density at radius 2 is 1.21 bits per heavy atom. The van der Waals surface area contributed by atoms with Gasteiger partial charge in [-0.25, -0.2) is 0 Å². The summed E-state index contributed by atoms with van der Waals surface area (Å²) in [6.07, 6.45) is 11.4. The first kappa shape index (κ1) is 16.9. The van der Waals surface area contributed by atoms with Crippen LogP contribution in [0.4, 0.5) is 0 Å². The molecule has 1 rings (SSSR count). The summed E-state index contributed by atoms with van der Waals surface area (Å²) in [6.45, 7) is 6.89. The average molecular weight is 370 g/mol. The van der Waals surface area contributed by atoms with Gasteiger partial charge < -0.3 is 0 Å². The Morgan fingerprint density at radius 1 is 0.789 bits per heavy atom. The fraction of sp³-hybridized carbons (Fsp3) is 0.800. The first-order chi connectivity index (χ1) is 9.29. The van der Waals surface area contributed by atoms with E-state index in [0.29, 0.717) is 0 Å². The van der Waals surface area contributed by atoms with Crippen LogP contribution >= 0.6 is 0 Å². The first-order valence-corrected chi connectivity index (χ1v) is 15.4. The fourth-order valence-corrected chi connectivity index (χ4v) is 17.5. The van der Waals surface area contributed by atoms with Crippen molar-refractivity contribution in [2.75, 3.05) is 0 Å². The molecule has 0 radical (unpaired) electrons. The van der Waals surface area contributed by atoms with Crippen molar-refractivity contribution in [3.05, 3.63) is 12.7 Å². The fourth-order valence-electron chi connectivity index (χ4n) is 2.77. The van der Waals surface area contributed by atoms with Crippen molar-refractivity contribution >= 4 is 22.2 Å². The zero-order chi connectivity index (χ0) is 14.0. The van der Waals surface area contributed by atoms with Crippen LogP contribution in [-0.4, -0.2) is 33.3 Å². The topological polar surface area (TPSA) is 38.7 Å². The Labute approximate surface area is 122 Å². The molecule has 0 N–H and O–H groups in total. The molecule has 108 valence electrons. The molecule has 0 spiro atoms. The van der Waals surface area contributed by atoms with Crippen molar-refractivity contribution in [1.82, 2.24) is 15.0 Å². The molecule has 1 aromatic rings. The van der Waals surface area contributed by atoms with Gasteiger partial charge in [0, 0.05) is 0 Å². The summed E-state index contributed by atoms with van der Waals surface area (Å²) in [5.41, 5.74) is 0. The molecular formula is C15H29N3Sn. The molecule has 0 saturated heterocycles. The van der Waals surface area contributed by atoms with E-state index < -0.39 is 18.4 Å². The van der Waals surface area contributed by atoms with E-state index in [9.17, 15) is 0 Å². The zero-order valence-corrected chi connectivity index (χ0v) is 15.7. The molecule has 0 unspecified atom stereocenters. The first-order valence-electron chi connectivity index (χ1n) is 7.91. The number of aromatic nitrogens is 3. The van der Waals surface area contributed by atoms with Gasteiger partial charge in [-0.05, 0) is 0 Å². The molecule has 0 atom stereocenters. The molecular weight excluding hydrogens is 341 g/mol. The Hall–Kier alpha value is -0.191. The van der Waals surface area contributed by atoms with Crippen LogP contribution in [0.1, 0.15) is 59.3 Å². The van der Waals surface area contributed by atoms with E-state index in [-0.39, 0.29) is 0 Å². The van der Waals surface area contributed by atoms with Crippen LogP contribution in [0.5, 0.6) is 0 Å². The van der Waals surface area contributed by atoms with Crippen LogP contribution < -0.4 is 3.84 Å². The maximum absolute atomic E-state index is 4.58. The van der Waals surface area contributed by atoms with Gasteiger partial charge in [0.15, 0.2) is 0 Å². The second-order valence-electron chi connectivity index (χ2n) is 5.55. The molecule has 4 heteroatoms. The number of unbranched alkanes of at least 4 members (excludes halogenated alkanes) is 3. The standard InChI is InChI=1S/3C4H9.C3H2N3.Sn/c3*1-3-4-2;1-4-2-6-3-5-1;/h3*1,3-4H2,2H3;1-2H;. The van der Waals surface area contributed by atoms with Crippen LogP contribution in [0.15, 0.2) is 12.7 Å². The summed E-state index contributed by atoms with van der Waals surface area (Å²) in [6, 6.07) is 0. The molecule has 1 heterocycles. The van der Waals surface area contributed by atoms with Crippen molar-refractivity contribution in [3.8, 4) is 0 Å². The summed E-state index contributed by atoms with van der Waals surface area (Å²) >= 11 is -2.36. The molecule has 1 aromatic heterocycles. The van der Waals surface area contributed by atoms with Gasteiger partial charge in [0.1, 0.15) is 0 Å². The zero-order valence-electron chi connectivity index (χ0n) is 12.9. The number of nitrogens with zero attached hydrogens (tertiary/aromatic N) is 3. The second kappa shape index (κ2) is 9.67. The van der Waals surface area contributed by atoms with E-state index in [1.54, 1.807) is 12.7 Å². The number of hydrogen-bond acceptors (Lipinski definition) is 3. The minimum atomic E-state index is -2.36. The molecule has 0 saturated carbocycles. The van der Waals surface area contributed by atoms with Crippen molar-refractivity contribution in [3.63, 3.8) is 0 Å². The molecule has 19 heavy (non-hydrogen) atoms. The molecule has 3 nitrogen and oxygen atoms in total. The Kier molecular flexibility index (Phi) is 8.58. The van der Waals surface area contributed by atoms with Crippen LogP contribution in [0.3, 0.4) is 0 Å². The molecule has 0 amide bonds. The maximum atomic E-state index is 4.58. The third-order valence-electron chi connectivity index (χ3n) is 3.99. The van der Waals surface area contributed by atoms with E-state index in [0.717, 1.165) is 0 Å². The monoisotopic (exact) mass is 371 g/mol. The number of rotatable bonds is 10. The van der Waals surface area contributed by atoms with Gasteiger partial charge in [0.25, 0.3) is 0 Å². The van der Waals surface area contributed by atoms with Crippen molar-refractivity contribution in [2.45, 2.75) is 72.6 Å². The van der Waals surface area contributed by atoms with E-state index in [1.807, 2.05) is 0 Å². The van der Waals surface area contributed by atoms with Crippen molar-refractivity contribution in [2.24, 2.45) is 0 Å². The van der Waals surface area contributed by atoms with Gasteiger partial charge in [-0.2, -0.15) is 0 Å². The summed E-state index contributed by atoms with van der Waals surface area (Å²) in [4.78, 5) is 13.2. The quantitative estimate of drug-likeness (QED) is 0.586. The van der Waals surface area contributed by atoms with Crippen LogP contribution in [-0.2, 0) is 0 Å². The third-order valence-corrected chi connectivity index (χ3v) is 18.7. The second-order valence-corrected chi connectivity index (χ2v) is 18.4.